The summed E-state index contributed by atoms with van der Waals surface area (Å²) >= 11 is 11.9. The predicted molar refractivity (Wildman–Crippen MR) is 68.2 cm³/mol. The lowest BCUT2D eigenvalue weighted by atomic mass is 10.5. The van der Waals surface area contributed by atoms with Gasteiger partial charge in [0, 0.05) is 12.6 Å². The minimum atomic E-state index is 0.228. The molecule has 0 saturated heterocycles. The van der Waals surface area contributed by atoms with Gasteiger partial charge in [0.05, 0.1) is 4.47 Å². The number of aryl methyl sites for hydroxylation is 1. The van der Waals surface area contributed by atoms with Crippen molar-refractivity contribution in [1.29, 1.82) is 0 Å². The third-order valence-electron chi connectivity index (χ3n) is 1.63. The molecule has 16 heavy (non-hydrogen) atoms. The summed E-state index contributed by atoms with van der Waals surface area (Å²) in [5.41, 5.74) is 0. The Balaban J connectivity index is 2.22. The second kappa shape index (κ2) is 5.39. The van der Waals surface area contributed by atoms with E-state index in [1.54, 1.807) is 6.20 Å². The van der Waals surface area contributed by atoms with Crippen LogP contribution in [0.25, 0.3) is 0 Å². The molecule has 0 aliphatic heterocycles. The van der Waals surface area contributed by atoms with Crippen LogP contribution in [0.2, 0.25) is 5.28 Å². The molecule has 0 bridgehead atoms. The van der Waals surface area contributed by atoms with Crippen LogP contribution in [0.3, 0.4) is 0 Å². The maximum absolute atomic E-state index is 5.73. The van der Waals surface area contributed by atoms with Crippen molar-refractivity contribution in [1.82, 2.24) is 19.3 Å². The summed E-state index contributed by atoms with van der Waals surface area (Å²) in [7, 11) is 0. The Bertz CT molecular complexity index is 505. The fourth-order valence-corrected chi connectivity index (χ4v) is 3.12. The molecule has 0 aliphatic rings. The SMILES string of the molecule is CCc1nsc(Sc2nc(Cl)ncc2Br)n1. The van der Waals surface area contributed by atoms with Crippen molar-refractivity contribution >= 4 is 50.8 Å². The van der Waals surface area contributed by atoms with Crippen molar-refractivity contribution in [2.24, 2.45) is 0 Å². The molecule has 0 unspecified atom stereocenters. The zero-order chi connectivity index (χ0) is 11.5. The van der Waals surface area contributed by atoms with Gasteiger partial charge in [0.15, 0.2) is 4.34 Å². The standard InChI is InChI=1S/C8H6BrClN4S2/c1-2-5-12-8(16-14-5)15-6-4(9)3-11-7(10)13-6/h3H,2H2,1H3. The molecular formula is C8H6BrClN4S2. The molecule has 0 saturated carbocycles. The maximum Gasteiger partial charge on any atom is 0.223 e. The molecule has 2 heterocycles. The van der Waals surface area contributed by atoms with Gasteiger partial charge in [-0.25, -0.2) is 15.0 Å². The Morgan fingerprint density at radius 1 is 1.50 bits per heavy atom. The predicted octanol–water partition coefficient (Wildman–Crippen LogP) is 3.46. The highest BCUT2D eigenvalue weighted by atomic mass is 79.9. The molecular weight excluding hydrogens is 332 g/mol. The number of aromatic nitrogens is 4. The maximum atomic E-state index is 5.73. The van der Waals surface area contributed by atoms with Crippen molar-refractivity contribution in [3.05, 3.63) is 21.8 Å². The molecule has 0 radical (unpaired) electrons. The van der Waals surface area contributed by atoms with Crippen LogP contribution in [-0.4, -0.2) is 19.3 Å². The molecule has 0 spiro atoms. The lowest BCUT2D eigenvalue weighted by Gasteiger charge is -1.99. The first-order valence-electron chi connectivity index (χ1n) is 4.37. The summed E-state index contributed by atoms with van der Waals surface area (Å²) in [6.07, 6.45) is 2.46. The molecule has 8 heteroatoms. The van der Waals surface area contributed by atoms with E-state index in [9.17, 15) is 0 Å². The van der Waals surface area contributed by atoms with Gasteiger partial charge in [-0.3, -0.25) is 0 Å². The van der Waals surface area contributed by atoms with Gasteiger partial charge in [0.1, 0.15) is 10.9 Å². The zero-order valence-corrected chi connectivity index (χ0v) is 12.1. The molecule has 2 aromatic rings. The molecule has 0 N–H and O–H groups in total. The summed E-state index contributed by atoms with van der Waals surface area (Å²) in [4.78, 5) is 12.3. The minimum Gasteiger partial charge on any atom is -0.225 e. The lowest BCUT2D eigenvalue weighted by Crippen LogP contribution is -1.87. The van der Waals surface area contributed by atoms with Crippen LogP contribution in [-0.2, 0) is 6.42 Å². The number of halogens is 2. The Morgan fingerprint density at radius 2 is 2.31 bits per heavy atom. The van der Waals surface area contributed by atoms with E-state index in [1.165, 1.54) is 23.3 Å². The normalized spacial score (nSPS) is 10.7. The molecule has 2 aromatic heterocycles. The van der Waals surface area contributed by atoms with E-state index in [4.69, 9.17) is 11.6 Å². The monoisotopic (exact) mass is 336 g/mol. The van der Waals surface area contributed by atoms with Crippen LogP contribution in [0.15, 0.2) is 20.0 Å². The molecule has 84 valence electrons. The van der Waals surface area contributed by atoms with Crippen LogP contribution < -0.4 is 0 Å². The number of hydrogen-bond acceptors (Lipinski definition) is 6. The van der Waals surface area contributed by atoms with Crippen molar-refractivity contribution in [2.75, 3.05) is 0 Å². The van der Waals surface area contributed by atoms with Crippen molar-refractivity contribution in [3.8, 4) is 0 Å². The fourth-order valence-electron chi connectivity index (χ4n) is 0.908. The van der Waals surface area contributed by atoms with Gasteiger partial charge in [0.2, 0.25) is 5.28 Å². The quantitative estimate of drug-likeness (QED) is 0.634. The van der Waals surface area contributed by atoms with Gasteiger partial charge in [-0.1, -0.05) is 6.92 Å². The summed E-state index contributed by atoms with van der Waals surface area (Å²) in [5, 5.41) is 0.977. The molecule has 0 fully saturated rings. The van der Waals surface area contributed by atoms with E-state index >= 15 is 0 Å². The third-order valence-corrected chi connectivity index (χ3v) is 4.45. The largest absolute Gasteiger partial charge is 0.225 e. The first-order valence-corrected chi connectivity index (χ1v) is 7.13. The van der Waals surface area contributed by atoms with E-state index in [-0.39, 0.29) is 5.28 Å². The zero-order valence-electron chi connectivity index (χ0n) is 8.15. The highest BCUT2D eigenvalue weighted by molar-refractivity contribution is 9.10. The van der Waals surface area contributed by atoms with Crippen LogP contribution in [0.4, 0.5) is 0 Å². The first kappa shape index (κ1) is 12.2. The van der Waals surface area contributed by atoms with Gasteiger partial charge in [0.25, 0.3) is 0 Å². The van der Waals surface area contributed by atoms with Gasteiger partial charge in [-0.05, 0) is 50.8 Å². The average molecular weight is 338 g/mol. The van der Waals surface area contributed by atoms with Crippen LogP contribution >= 0.6 is 50.8 Å². The Morgan fingerprint density at radius 3 is 3.00 bits per heavy atom. The van der Waals surface area contributed by atoms with Gasteiger partial charge >= 0.3 is 0 Å². The van der Waals surface area contributed by atoms with Crippen LogP contribution in [0, 0.1) is 0 Å². The fraction of sp³-hybridized carbons (Fsp3) is 0.250. The second-order valence-electron chi connectivity index (χ2n) is 2.72. The van der Waals surface area contributed by atoms with E-state index in [0.717, 1.165) is 26.1 Å². The Labute approximate surface area is 114 Å². The molecule has 0 amide bonds. The van der Waals surface area contributed by atoms with Crippen LogP contribution in [0.5, 0.6) is 0 Å². The Hall–Kier alpha value is -0.240. The summed E-state index contributed by atoms with van der Waals surface area (Å²) in [5.74, 6) is 0.851. The van der Waals surface area contributed by atoms with E-state index in [1.807, 2.05) is 6.92 Å². The van der Waals surface area contributed by atoms with Gasteiger partial charge < -0.3 is 0 Å². The van der Waals surface area contributed by atoms with E-state index < -0.39 is 0 Å². The molecule has 2 rings (SSSR count). The van der Waals surface area contributed by atoms with Crippen molar-refractivity contribution < 1.29 is 0 Å². The summed E-state index contributed by atoms with van der Waals surface area (Å²) in [6, 6.07) is 0. The van der Waals surface area contributed by atoms with Crippen molar-refractivity contribution in [3.63, 3.8) is 0 Å². The lowest BCUT2D eigenvalue weighted by molar-refractivity contribution is 0.967. The molecule has 0 aliphatic carbocycles. The molecule has 0 atom stereocenters. The summed E-state index contributed by atoms with van der Waals surface area (Å²) in [6.45, 7) is 2.02. The molecule has 4 nitrogen and oxygen atoms in total. The Kier molecular flexibility index (Phi) is 4.12. The number of rotatable bonds is 3. The molecule has 0 aromatic carbocycles. The smallest absolute Gasteiger partial charge is 0.223 e. The highest BCUT2D eigenvalue weighted by Crippen LogP contribution is 2.32. The van der Waals surface area contributed by atoms with E-state index in [2.05, 4.69) is 35.3 Å². The van der Waals surface area contributed by atoms with Crippen LogP contribution in [0.1, 0.15) is 12.7 Å². The third kappa shape index (κ3) is 2.91. The van der Waals surface area contributed by atoms with Gasteiger partial charge in [-0.2, -0.15) is 4.37 Å². The topological polar surface area (TPSA) is 51.6 Å². The van der Waals surface area contributed by atoms with Crippen molar-refractivity contribution in [2.45, 2.75) is 22.7 Å². The highest BCUT2D eigenvalue weighted by Gasteiger charge is 2.10. The number of hydrogen-bond donors (Lipinski definition) is 0. The summed E-state index contributed by atoms with van der Waals surface area (Å²) < 4.78 is 5.86. The average Bonchev–Trinajstić information content (AvgIpc) is 2.71. The second-order valence-corrected chi connectivity index (χ2v) is 5.90. The first-order chi connectivity index (χ1) is 7.69. The minimum absolute atomic E-state index is 0.228. The number of nitrogens with zero attached hydrogens (tertiary/aromatic N) is 4. The van der Waals surface area contributed by atoms with Gasteiger partial charge in [-0.15, -0.1) is 0 Å². The van der Waals surface area contributed by atoms with E-state index in [0.29, 0.717) is 0 Å².